The Kier molecular flexibility index (Phi) is 3.85. The van der Waals surface area contributed by atoms with Crippen molar-refractivity contribution in [3.8, 4) is 0 Å². The zero-order valence-corrected chi connectivity index (χ0v) is 9.07. The molecule has 7 heteroatoms. The second-order valence-corrected chi connectivity index (χ2v) is 5.08. The highest BCUT2D eigenvalue weighted by atomic mass is 32.2. The lowest BCUT2D eigenvalue weighted by Gasteiger charge is -2.40. The summed E-state index contributed by atoms with van der Waals surface area (Å²) in [6.45, 7) is 1.76. The van der Waals surface area contributed by atoms with Gasteiger partial charge in [-0.15, -0.1) is 0 Å². The van der Waals surface area contributed by atoms with Gasteiger partial charge in [0.2, 0.25) is 0 Å². The minimum absolute atomic E-state index is 0.0263. The molecule has 14 heavy (non-hydrogen) atoms. The number of rotatable bonds is 5. The second-order valence-electron chi connectivity index (χ2n) is 3.58. The standard InChI is InChI=1S/C7H17N3O3S/c1-9(4-5-11)6-7-2-3-10(7)14(8,12)13/h7,11H,2-6H2,1H3,(H2,8,12,13). The second kappa shape index (κ2) is 4.54. The molecule has 0 saturated carbocycles. The molecule has 3 N–H and O–H groups in total. The molecule has 0 radical (unpaired) electrons. The number of nitrogens with zero attached hydrogens (tertiary/aromatic N) is 2. The molecule has 1 fully saturated rings. The number of nitrogens with two attached hydrogens (primary N) is 1. The van der Waals surface area contributed by atoms with Crippen LogP contribution in [0.1, 0.15) is 6.42 Å². The van der Waals surface area contributed by atoms with E-state index in [1.807, 2.05) is 11.9 Å². The van der Waals surface area contributed by atoms with E-state index in [1.165, 1.54) is 4.31 Å². The summed E-state index contributed by atoms with van der Waals surface area (Å²) in [6, 6.07) is -0.0263. The van der Waals surface area contributed by atoms with Gasteiger partial charge in [0.1, 0.15) is 0 Å². The summed E-state index contributed by atoms with van der Waals surface area (Å²) < 4.78 is 23.3. The lowest BCUT2D eigenvalue weighted by Crippen LogP contribution is -2.57. The normalized spacial score (nSPS) is 23.9. The van der Waals surface area contributed by atoms with E-state index >= 15 is 0 Å². The fourth-order valence-electron chi connectivity index (χ4n) is 1.56. The minimum Gasteiger partial charge on any atom is -0.395 e. The molecule has 84 valence electrons. The average Bonchev–Trinajstić information content (AvgIpc) is 1.95. The van der Waals surface area contributed by atoms with Crippen molar-refractivity contribution >= 4 is 10.2 Å². The maximum atomic E-state index is 11.0. The Hall–Kier alpha value is -0.210. The Morgan fingerprint density at radius 1 is 1.64 bits per heavy atom. The molecular formula is C7H17N3O3S. The van der Waals surface area contributed by atoms with E-state index < -0.39 is 10.2 Å². The van der Waals surface area contributed by atoms with Crippen molar-refractivity contribution in [1.29, 1.82) is 0 Å². The fourth-order valence-corrected chi connectivity index (χ4v) is 2.50. The minimum atomic E-state index is -3.53. The van der Waals surface area contributed by atoms with Gasteiger partial charge in [-0.2, -0.15) is 12.7 Å². The van der Waals surface area contributed by atoms with Gasteiger partial charge in [-0.3, -0.25) is 0 Å². The fraction of sp³-hybridized carbons (Fsp3) is 1.00. The number of aliphatic hydroxyl groups is 1. The number of aliphatic hydroxyl groups excluding tert-OH is 1. The van der Waals surface area contributed by atoms with Crippen LogP contribution in [0.4, 0.5) is 0 Å². The Morgan fingerprint density at radius 2 is 2.29 bits per heavy atom. The van der Waals surface area contributed by atoms with Crippen LogP contribution < -0.4 is 5.14 Å². The third kappa shape index (κ3) is 2.89. The summed E-state index contributed by atoms with van der Waals surface area (Å²) in [6.07, 6.45) is 0.839. The Labute approximate surface area is 84.5 Å². The molecule has 0 spiro atoms. The third-order valence-corrected chi connectivity index (χ3v) is 3.56. The Morgan fingerprint density at radius 3 is 2.64 bits per heavy atom. The predicted octanol–water partition coefficient (Wildman–Crippen LogP) is -1.81. The van der Waals surface area contributed by atoms with Crippen LogP contribution in [-0.2, 0) is 10.2 Å². The first-order valence-corrected chi connectivity index (χ1v) is 6.04. The molecule has 1 rings (SSSR count). The molecule has 1 aliphatic heterocycles. The molecule has 0 aromatic rings. The Bertz CT molecular complexity index is 280. The van der Waals surface area contributed by atoms with Crippen molar-refractivity contribution in [2.24, 2.45) is 5.14 Å². The predicted molar refractivity (Wildman–Crippen MR) is 52.8 cm³/mol. The van der Waals surface area contributed by atoms with Crippen LogP contribution in [0, 0.1) is 0 Å². The van der Waals surface area contributed by atoms with Gasteiger partial charge >= 0.3 is 0 Å². The van der Waals surface area contributed by atoms with Gasteiger partial charge in [0.25, 0.3) is 10.2 Å². The van der Waals surface area contributed by atoms with E-state index in [1.54, 1.807) is 0 Å². The first-order valence-electron chi connectivity index (χ1n) is 4.54. The SMILES string of the molecule is CN(CCO)CC1CCN1S(N)(=O)=O. The molecule has 1 unspecified atom stereocenters. The molecular weight excluding hydrogens is 206 g/mol. The summed E-state index contributed by atoms with van der Waals surface area (Å²) >= 11 is 0. The molecule has 0 aromatic carbocycles. The van der Waals surface area contributed by atoms with Crippen molar-refractivity contribution < 1.29 is 13.5 Å². The van der Waals surface area contributed by atoms with E-state index in [9.17, 15) is 8.42 Å². The molecule has 0 aromatic heterocycles. The number of hydrogen-bond acceptors (Lipinski definition) is 4. The monoisotopic (exact) mass is 223 g/mol. The van der Waals surface area contributed by atoms with Crippen molar-refractivity contribution in [3.05, 3.63) is 0 Å². The van der Waals surface area contributed by atoms with Crippen molar-refractivity contribution in [3.63, 3.8) is 0 Å². The highest BCUT2D eigenvalue weighted by Crippen LogP contribution is 2.19. The van der Waals surface area contributed by atoms with Crippen LogP contribution in [0.5, 0.6) is 0 Å². The molecule has 0 bridgehead atoms. The van der Waals surface area contributed by atoms with Gasteiger partial charge in [-0.25, -0.2) is 5.14 Å². The molecule has 1 heterocycles. The van der Waals surface area contributed by atoms with Crippen LogP contribution in [-0.4, -0.2) is 62.1 Å². The van der Waals surface area contributed by atoms with E-state index in [2.05, 4.69) is 0 Å². The molecule has 0 amide bonds. The van der Waals surface area contributed by atoms with Gasteiger partial charge in [0.15, 0.2) is 0 Å². The smallest absolute Gasteiger partial charge is 0.277 e. The van der Waals surface area contributed by atoms with Crippen molar-refractivity contribution in [2.75, 3.05) is 33.3 Å². The van der Waals surface area contributed by atoms with Crippen LogP contribution in [0.25, 0.3) is 0 Å². The van der Waals surface area contributed by atoms with Gasteiger partial charge in [0.05, 0.1) is 6.61 Å². The van der Waals surface area contributed by atoms with Crippen molar-refractivity contribution in [2.45, 2.75) is 12.5 Å². The van der Waals surface area contributed by atoms with Crippen LogP contribution >= 0.6 is 0 Å². The maximum absolute atomic E-state index is 11.0. The molecule has 6 nitrogen and oxygen atoms in total. The molecule has 0 aliphatic carbocycles. The van der Waals surface area contributed by atoms with E-state index in [0.717, 1.165) is 6.42 Å². The van der Waals surface area contributed by atoms with E-state index in [0.29, 0.717) is 19.6 Å². The highest BCUT2D eigenvalue weighted by molar-refractivity contribution is 7.86. The summed E-state index contributed by atoms with van der Waals surface area (Å²) in [4.78, 5) is 1.89. The topological polar surface area (TPSA) is 86.9 Å². The maximum Gasteiger partial charge on any atom is 0.277 e. The Balaban J connectivity index is 2.40. The van der Waals surface area contributed by atoms with Gasteiger partial charge in [-0.1, -0.05) is 0 Å². The third-order valence-electron chi connectivity index (χ3n) is 2.42. The first-order chi connectivity index (χ1) is 6.45. The van der Waals surface area contributed by atoms with Gasteiger partial charge in [-0.05, 0) is 13.5 Å². The average molecular weight is 223 g/mol. The first kappa shape index (κ1) is 11.9. The molecule has 1 aliphatic rings. The van der Waals surface area contributed by atoms with E-state index in [-0.39, 0.29) is 12.6 Å². The van der Waals surface area contributed by atoms with Crippen LogP contribution in [0.3, 0.4) is 0 Å². The summed E-state index contributed by atoms with van der Waals surface area (Å²) in [7, 11) is -1.69. The number of hydrogen-bond donors (Lipinski definition) is 2. The quantitative estimate of drug-likeness (QED) is 0.575. The van der Waals surface area contributed by atoms with Crippen LogP contribution in [0.2, 0.25) is 0 Å². The summed E-state index contributed by atoms with van der Waals surface area (Å²) in [5.41, 5.74) is 0. The number of likely N-dealkylation sites (N-methyl/N-ethyl adjacent to an activating group) is 1. The largest absolute Gasteiger partial charge is 0.395 e. The van der Waals surface area contributed by atoms with Crippen molar-refractivity contribution in [1.82, 2.24) is 9.21 Å². The van der Waals surface area contributed by atoms with Gasteiger partial charge < -0.3 is 10.0 Å². The van der Waals surface area contributed by atoms with Crippen LogP contribution in [0.15, 0.2) is 0 Å². The lowest BCUT2D eigenvalue weighted by atomic mass is 10.1. The molecule has 1 atom stereocenters. The lowest BCUT2D eigenvalue weighted by molar-refractivity contribution is 0.132. The summed E-state index contributed by atoms with van der Waals surface area (Å²) in [5, 5.41) is 13.7. The zero-order chi connectivity index (χ0) is 10.8. The van der Waals surface area contributed by atoms with E-state index in [4.69, 9.17) is 10.2 Å². The zero-order valence-electron chi connectivity index (χ0n) is 8.26. The van der Waals surface area contributed by atoms with Gasteiger partial charge in [0, 0.05) is 25.7 Å². The summed E-state index contributed by atoms with van der Waals surface area (Å²) in [5.74, 6) is 0. The molecule has 1 saturated heterocycles. The highest BCUT2D eigenvalue weighted by Gasteiger charge is 2.35.